The van der Waals surface area contributed by atoms with Crippen LogP contribution in [-0.2, 0) is 32.2 Å². The molecule has 0 saturated carbocycles. The van der Waals surface area contributed by atoms with Crippen LogP contribution in [0.1, 0.15) is 60.8 Å². The summed E-state index contributed by atoms with van der Waals surface area (Å²) in [6.07, 6.45) is -0.611. The Bertz CT molecular complexity index is 1870. The Morgan fingerprint density at radius 3 is 2.36 bits per heavy atom. The lowest BCUT2D eigenvalue weighted by atomic mass is 9.91. The van der Waals surface area contributed by atoms with Crippen LogP contribution >= 0.6 is 11.8 Å². The summed E-state index contributed by atoms with van der Waals surface area (Å²) >= 11 is 1.53. The number of hydrogen-bond donors (Lipinski definition) is 3. The van der Waals surface area contributed by atoms with Crippen molar-refractivity contribution in [2.75, 3.05) is 5.75 Å². The maximum Gasteiger partial charge on any atom is 0.303 e. The van der Waals surface area contributed by atoms with Crippen LogP contribution in [0.5, 0.6) is 0 Å². The number of benzene rings is 4. The summed E-state index contributed by atoms with van der Waals surface area (Å²) in [5, 5.41) is 34.3. The van der Waals surface area contributed by atoms with E-state index in [2.05, 4.69) is 27.8 Å². The lowest BCUT2D eigenvalue weighted by molar-refractivity contribution is -0.268. The van der Waals surface area contributed by atoms with Gasteiger partial charge in [-0.2, -0.15) is 4.68 Å². The molecule has 5 aromatic rings. The van der Waals surface area contributed by atoms with E-state index in [0.717, 1.165) is 39.1 Å². The van der Waals surface area contributed by atoms with E-state index in [0.29, 0.717) is 23.9 Å². The average Bonchev–Trinajstić information content (AvgIpc) is 3.63. The molecule has 258 valence electrons. The highest BCUT2D eigenvalue weighted by molar-refractivity contribution is 7.99. The van der Waals surface area contributed by atoms with Crippen molar-refractivity contribution in [3.63, 3.8) is 0 Å². The Morgan fingerprint density at radius 2 is 1.62 bits per heavy atom. The predicted octanol–water partition coefficient (Wildman–Crippen LogP) is 6.28. The van der Waals surface area contributed by atoms with E-state index in [9.17, 15) is 14.7 Å². The van der Waals surface area contributed by atoms with Gasteiger partial charge in [0.25, 0.3) is 0 Å². The van der Waals surface area contributed by atoms with Crippen molar-refractivity contribution in [1.82, 2.24) is 25.5 Å². The number of aromatic nitrogens is 4. The average molecular weight is 694 g/mol. The Morgan fingerprint density at radius 1 is 0.860 bits per heavy atom. The quantitative estimate of drug-likeness (QED) is 0.114. The maximum atomic E-state index is 12.2. The number of nitrogens with zero attached hydrogens (tertiary/aromatic N) is 4. The highest BCUT2D eigenvalue weighted by Gasteiger charge is 2.38. The highest BCUT2D eigenvalue weighted by atomic mass is 32.2. The second-order valence-corrected chi connectivity index (χ2v) is 13.2. The van der Waals surface area contributed by atoms with E-state index in [1.807, 2.05) is 103 Å². The highest BCUT2D eigenvalue weighted by Crippen LogP contribution is 2.43. The maximum absolute atomic E-state index is 12.2. The van der Waals surface area contributed by atoms with Crippen LogP contribution in [0.25, 0.3) is 16.8 Å². The monoisotopic (exact) mass is 693 g/mol. The van der Waals surface area contributed by atoms with Crippen molar-refractivity contribution in [2.45, 2.75) is 63.0 Å². The first-order valence-electron chi connectivity index (χ1n) is 16.5. The molecule has 1 saturated heterocycles. The first-order valence-corrected chi connectivity index (χ1v) is 17.5. The van der Waals surface area contributed by atoms with E-state index < -0.39 is 12.3 Å². The molecule has 4 aromatic carbocycles. The standard InChI is InChI=1S/C38H39N5O6S/c1-25-33(24-50-38-40-41-42-43(38)32-9-3-2-4-10-32)48-37(49-36(25)29-15-13-26(23-44)14-16-29)30-19-17-28(18-20-30)31-8-5-7-27(21-31)22-39-34(45)11-6-12-35(46)47/h2-5,7-10,13-21,25,33,36-37,44H,6,11-12,22-24H2,1H3,(H,39,45)(H,46,47)/t25-,33+,36+,37+/m0/s1. The molecule has 1 aliphatic rings. The minimum atomic E-state index is -0.904. The number of hydrogen-bond acceptors (Lipinski definition) is 9. The van der Waals surface area contributed by atoms with Gasteiger partial charge in [-0.1, -0.05) is 104 Å². The summed E-state index contributed by atoms with van der Waals surface area (Å²) in [5.74, 6) is -0.477. The molecule has 0 spiro atoms. The third-order valence-electron chi connectivity index (χ3n) is 8.67. The molecule has 6 rings (SSSR count). The first kappa shape index (κ1) is 35.0. The van der Waals surface area contributed by atoms with Gasteiger partial charge >= 0.3 is 5.97 Å². The summed E-state index contributed by atoms with van der Waals surface area (Å²) in [6.45, 7) is 2.46. The third-order valence-corrected chi connectivity index (χ3v) is 9.68. The number of carboxylic acids is 1. The molecule has 0 radical (unpaired) electrons. The minimum absolute atomic E-state index is 0.000504. The minimum Gasteiger partial charge on any atom is -0.481 e. The summed E-state index contributed by atoms with van der Waals surface area (Å²) in [6, 6.07) is 33.7. The number of rotatable bonds is 14. The van der Waals surface area contributed by atoms with Crippen LogP contribution in [0.2, 0.25) is 0 Å². The van der Waals surface area contributed by atoms with Gasteiger partial charge in [0.15, 0.2) is 6.29 Å². The number of carbonyl (C=O) groups excluding carboxylic acids is 1. The lowest BCUT2D eigenvalue weighted by Crippen LogP contribution is -2.38. The largest absolute Gasteiger partial charge is 0.481 e. The number of aliphatic hydroxyl groups is 1. The van der Waals surface area contributed by atoms with Crippen LogP contribution in [0.15, 0.2) is 108 Å². The molecule has 12 heteroatoms. The van der Waals surface area contributed by atoms with Gasteiger partial charge in [-0.15, -0.1) is 5.10 Å². The van der Waals surface area contributed by atoms with Crippen molar-refractivity contribution in [2.24, 2.45) is 5.92 Å². The topological polar surface area (TPSA) is 149 Å². The number of tetrazole rings is 1. The normalized spacial score (nSPS) is 18.8. The summed E-state index contributed by atoms with van der Waals surface area (Å²) in [5.41, 5.74) is 6.55. The summed E-state index contributed by atoms with van der Waals surface area (Å²) in [7, 11) is 0. The van der Waals surface area contributed by atoms with Gasteiger partial charge in [-0.05, 0) is 62.9 Å². The molecular formula is C38H39N5O6S. The number of amides is 1. The molecule has 2 heterocycles. The number of ether oxygens (including phenoxy) is 2. The predicted molar refractivity (Wildman–Crippen MR) is 188 cm³/mol. The lowest BCUT2D eigenvalue weighted by Gasteiger charge is -2.41. The van der Waals surface area contributed by atoms with Crippen molar-refractivity contribution >= 4 is 23.6 Å². The Balaban J connectivity index is 1.17. The van der Waals surface area contributed by atoms with Gasteiger partial charge in [0.2, 0.25) is 11.1 Å². The fourth-order valence-electron chi connectivity index (χ4n) is 5.85. The molecule has 1 aliphatic heterocycles. The molecule has 0 aliphatic carbocycles. The van der Waals surface area contributed by atoms with E-state index in [4.69, 9.17) is 14.6 Å². The zero-order valence-corrected chi connectivity index (χ0v) is 28.4. The number of thioether (sulfide) groups is 1. The second kappa shape index (κ2) is 16.7. The molecule has 1 aromatic heterocycles. The van der Waals surface area contributed by atoms with Crippen molar-refractivity contribution in [3.05, 3.63) is 125 Å². The van der Waals surface area contributed by atoms with E-state index in [-0.39, 0.29) is 43.5 Å². The summed E-state index contributed by atoms with van der Waals surface area (Å²) < 4.78 is 15.0. The number of nitrogens with one attached hydrogen (secondary N) is 1. The smallest absolute Gasteiger partial charge is 0.303 e. The van der Waals surface area contributed by atoms with Crippen molar-refractivity contribution in [3.8, 4) is 16.8 Å². The van der Waals surface area contributed by atoms with Gasteiger partial charge in [-0.25, -0.2) is 0 Å². The summed E-state index contributed by atoms with van der Waals surface area (Å²) in [4.78, 5) is 22.9. The molecule has 50 heavy (non-hydrogen) atoms. The number of para-hydroxylation sites is 1. The van der Waals surface area contributed by atoms with Crippen molar-refractivity contribution in [1.29, 1.82) is 0 Å². The Kier molecular flexibility index (Phi) is 11.7. The van der Waals surface area contributed by atoms with Gasteiger partial charge in [0, 0.05) is 36.6 Å². The molecule has 0 bridgehead atoms. The first-order chi connectivity index (χ1) is 24.4. The number of carboxylic acid groups (broad SMARTS) is 1. The SMILES string of the molecule is C[C@H]1[C@@H](CSc2nnnn2-c2ccccc2)O[C@@H](c2ccc(-c3cccc(CNC(=O)CCCC(=O)O)c3)cc2)O[C@H]1c1ccc(CO)cc1. The van der Waals surface area contributed by atoms with Crippen LogP contribution < -0.4 is 5.32 Å². The van der Waals surface area contributed by atoms with Crippen LogP contribution in [-0.4, -0.2) is 54.2 Å². The number of carbonyl (C=O) groups is 2. The molecule has 11 nitrogen and oxygen atoms in total. The number of aliphatic carboxylic acids is 1. The Hall–Kier alpha value is -4.88. The van der Waals surface area contributed by atoms with E-state index in [1.165, 1.54) is 11.8 Å². The zero-order chi connectivity index (χ0) is 34.9. The van der Waals surface area contributed by atoms with Gasteiger partial charge < -0.3 is 25.0 Å². The van der Waals surface area contributed by atoms with Crippen LogP contribution in [0.3, 0.4) is 0 Å². The number of aliphatic hydroxyl groups excluding tert-OH is 1. The van der Waals surface area contributed by atoms with E-state index in [1.54, 1.807) is 4.68 Å². The van der Waals surface area contributed by atoms with Crippen LogP contribution in [0.4, 0.5) is 0 Å². The van der Waals surface area contributed by atoms with E-state index >= 15 is 0 Å². The fourth-order valence-corrected chi connectivity index (χ4v) is 6.90. The molecule has 1 amide bonds. The second-order valence-electron chi connectivity index (χ2n) is 12.2. The molecule has 1 fully saturated rings. The van der Waals surface area contributed by atoms with Crippen molar-refractivity contribution < 1.29 is 29.3 Å². The van der Waals surface area contributed by atoms with Gasteiger partial charge in [0.05, 0.1) is 24.5 Å². The zero-order valence-electron chi connectivity index (χ0n) is 27.6. The molecule has 3 N–H and O–H groups in total. The molecular weight excluding hydrogens is 655 g/mol. The fraction of sp³-hybridized carbons (Fsp3) is 0.289. The third kappa shape index (κ3) is 8.82. The Labute approximate surface area is 294 Å². The van der Waals surface area contributed by atoms with Crippen LogP contribution in [0, 0.1) is 5.92 Å². The van der Waals surface area contributed by atoms with Gasteiger partial charge in [0.1, 0.15) is 0 Å². The molecule has 0 unspecified atom stereocenters. The molecule has 4 atom stereocenters. The van der Waals surface area contributed by atoms with Gasteiger partial charge in [-0.3, -0.25) is 9.59 Å².